The monoisotopic (exact) mass is 1590 g/mol. The number of nitrogens with zero attached hydrogens (tertiary/aromatic N) is 1. The minimum atomic E-state index is -0.182. The van der Waals surface area contributed by atoms with Gasteiger partial charge in [-0.05, 0) is 178 Å². The molecule has 0 N–H and O–H groups in total. The summed E-state index contributed by atoms with van der Waals surface area (Å²) in [5, 5.41) is 0. The first-order valence-electron chi connectivity index (χ1n) is 40.9. The highest BCUT2D eigenvalue weighted by Crippen LogP contribution is 2.54. The summed E-state index contributed by atoms with van der Waals surface area (Å²) in [6.45, 7) is 9.10. The topological polar surface area (TPSA) is 21.7 Å². The number of ether oxygens (including phenoxy) is 2. The molecule has 2 aliphatic heterocycles. The Labute approximate surface area is 708 Å². The Balaban J connectivity index is 0.000000137. The highest BCUT2D eigenvalue weighted by molar-refractivity contribution is 9.10. The van der Waals surface area contributed by atoms with Crippen LogP contribution in [-0.4, -0.2) is 0 Å². The van der Waals surface area contributed by atoms with Crippen molar-refractivity contribution >= 4 is 33.0 Å². The minimum absolute atomic E-state index is 0.0739. The maximum atomic E-state index is 6.67. The van der Waals surface area contributed by atoms with Crippen LogP contribution in [0.1, 0.15) is 61.1 Å². The molecule has 0 aliphatic carbocycles. The SMILES string of the molecule is CC1(C)c2ccccc2Oc2c(-c3ccc(Br)cc3)cccc21.CC1(C)c2ccccc2Oc2c(-c3ccc(N(c4ccc(-c5ccccc5-c5ccccc5)cc4)c4ccc(-c5ccccc5-c5ccccc5)cc4)cc3)cccc21.c1ccc(-c2ccccc2-c2ccc(Cc3ccc(-c4ccccc4-c4ccccc4)cc3)cc2)cc1. The molecule has 2 aliphatic rings. The fraction of sp³-hybridized carbons (Fsp3) is 0.0609. The normalized spacial score (nSPS) is 12.4. The third-order valence-corrected chi connectivity index (χ3v) is 23.9. The van der Waals surface area contributed by atoms with Crippen molar-refractivity contribution < 1.29 is 9.47 Å². The number of para-hydroxylation sites is 4. The van der Waals surface area contributed by atoms with Gasteiger partial charge in [-0.15, -0.1) is 0 Å². The molecular weight excluding hydrogens is 1510 g/mol. The van der Waals surface area contributed by atoms with Crippen molar-refractivity contribution in [3.05, 3.63) is 487 Å². The molecule has 0 spiro atoms. The third kappa shape index (κ3) is 16.0. The largest absolute Gasteiger partial charge is 0.456 e. The van der Waals surface area contributed by atoms with Gasteiger partial charge in [0.15, 0.2) is 0 Å². The molecule has 18 aromatic carbocycles. The Hall–Kier alpha value is -14.2. The lowest BCUT2D eigenvalue weighted by Crippen LogP contribution is -2.24. The molecule has 119 heavy (non-hydrogen) atoms. The van der Waals surface area contributed by atoms with Gasteiger partial charge in [0, 0.05) is 65.7 Å². The molecule has 2 heterocycles. The van der Waals surface area contributed by atoms with E-state index in [4.69, 9.17) is 9.47 Å². The zero-order chi connectivity index (χ0) is 80.7. The summed E-state index contributed by atoms with van der Waals surface area (Å²) in [4.78, 5) is 2.35. The van der Waals surface area contributed by atoms with Gasteiger partial charge in [-0.2, -0.15) is 0 Å². The van der Waals surface area contributed by atoms with Gasteiger partial charge in [0.1, 0.15) is 23.0 Å². The van der Waals surface area contributed by atoms with E-state index in [1.807, 2.05) is 6.07 Å². The summed E-state index contributed by atoms with van der Waals surface area (Å²) >= 11 is 3.50. The van der Waals surface area contributed by atoms with Gasteiger partial charge in [-0.1, -0.05) is 432 Å². The van der Waals surface area contributed by atoms with Crippen molar-refractivity contribution in [2.24, 2.45) is 0 Å². The molecule has 4 heteroatoms. The molecule has 0 fully saturated rings. The highest BCUT2D eigenvalue weighted by atomic mass is 79.9. The Morgan fingerprint density at radius 1 is 0.202 bits per heavy atom. The van der Waals surface area contributed by atoms with E-state index in [-0.39, 0.29) is 10.8 Å². The third-order valence-electron chi connectivity index (χ3n) is 23.4. The van der Waals surface area contributed by atoms with Crippen LogP contribution in [0.5, 0.6) is 23.0 Å². The zero-order valence-electron chi connectivity index (χ0n) is 67.1. The van der Waals surface area contributed by atoms with Gasteiger partial charge in [-0.25, -0.2) is 0 Å². The summed E-state index contributed by atoms with van der Waals surface area (Å²) in [6, 6.07) is 160. The van der Waals surface area contributed by atoms with Crippen LogP contribution in [0, 0.1) is 0 Å². The molecule has 0 amide bonds. The van der Waals surface area contributed by atoms with Gasteiger partial charge in [0.05, 0.1) is 0 Å². The predicted octanol–water partition coefficient (Wildman–Crippen LogP) is 32.4. The molecule has 3 nitrogen and oxygen atoms in total. The average Bonchev–Trinajstić information content (AvgIpc) is 0.742. The Morgan fingerprint density at radius 3 is 0.697 bits per heavy atom. The second kappa shape index (κ2) is 34.0. The van der Waals surface area contributed by atoms with Crippen LogP contribution in [0.3, 0.4) is 0 Å². The zero-order valence-corrected chi connectivity index (χ0v) is 68.7. The first-order chi connectivity index (χ1) is 58.4. The number of hydrogen-bond donors (Lipinski definition) is 0. The lowest BCUT2D eigenvalue weighted by molar-refractivity contribution is 0.419. The van der Waals surface area contributed by atoms with Crippen LogP contribution in [0.25, 0.3) is 111 Å². The molecular formula is C115H88BrNO2. The number of halogens is 1. The molecule has 20 rings (SSSR count). The van der Waals surface area contributed by atoms with Crippen LogP contribution in [-0.2, 0) is 17.3 Å². The first kappa shape index (κ1) is 76.2. The molecule has 0 unspecified atom stereocenters. The van der Waals surface area contributed by atoms with Gasteiger partial charge in [0.2, 0.25) is 0 Å². The summed E-state index contributed by atoms with van der Waals surface area (Å²) in [5.41, 5.74) is 34.7. The molecule has 0 bridgehead atoms. The minimum Gasteiger partial charge on any atom is -0.456 e. The molecule has 572 valence electrons. The first-order valence-corrected chi connectivity index (χ1v) is 41.7. The van der Waals surface area contributed by atoms with E-state index in [0.717, 1.165) is 67.6 Å². The number of benzene rings is 18. The maximum Gasteiger partial charge on any atom is 0.139 e. The van der Waals surface area contributed by atoms with Gasteiger partial charge in [-0.3, -0.25) is 0 Å². The number of hydrogen-bond acceptors (Lipinski definition) is 3. The van der Waals surface area contributed by atoms with E-state index in [1.165, 1.54) is 128 Å². The van der Waals surface area contributed by atoms with Crippen molar-refractivity contribution in [2.75, 3.05) is 4.90 Å². The number of anilines is 3. The fourth-order valence-electron chi connectivity index (χ4n) is 17.1. The van der Waals surface area contributed by atoms with Gasteiger partial charge in [0.25, 0.3) is 0 Å². The van der Waals surface area contributed by atoms with E-state index in [2.05, 4.69) is 491 Å². The van der Waals surface area contributed by atoms with Gasteiger partial charge >= 0.3 is 0 Å². The second-order valence-corrected chi connectivity index (χ2v) is 32.4. The standard InChI is InChI=1S/C57H43NO.C37H28.C21H17BrO/c1-57(2)53-25-13-14-27-55(53)59-56-52(24-15-26-54(56)57)44-32-38-47(39-33-44)58(45-34-28-42(29-35-45)50-22-11-9-20-48(50)40-16-5-3-6-17-40)46-36-30-43(31-37-46)51-23-12-10-21-49(51)41-18-7-4-8-19-41;1-3-11-30(12-4-1)34-15-7-9-17-36(34)32-23-19-28(20-24-32)27-29-21-25-33(26-22-29)37-18-10-8-16-35(37)31-13-5-2-6-14-31;1-21(2)17-7-3-4-9-19(17)23-20-16(6-5-8-18(20)21)14-10-12-15(22)13-11-14/h3-39H,1-2H3;1-26H,27H2;3-13H,1-2H3. The van der Waals surface area contributed by atoms with Crippen molar-refractivity contribution in [1.82, 2.24) is 0 Å². The van der Waals surface area contributed by atoms with Crippen LogP contribution in [0.2, 0.25) is 0 Å². The lowest BCUT2D eigenvalue weighted by atomic mass is 9.75. The summed E-state index contributed by atoms with van der Waals surface area (Å²) in [5.74, 6) is 3.77. The molecule has 18 aromatic rings. The quantitative estimate of drug-likeness (QED) is 0.102. The van der Waals surface area contributed by atoms with Crippen molar-refractivity contribution in [2.45, 2.75) is 44.9 Å². The lowest BCUT2D eigenvalue weighted by Gasteiger charge is -2.35. The summed E-state index contributed by atoms with van der Waals surface area (Å²) < 4.78 is 14.1. The van der Waals surface area contributed by atoms with Crippen molar-refractivity contribution in [1.29, 1.82) is 0 Å². The van der Waals surface area contributed by atoms with E-state index in [9.17, 15) is 0 Å². The van der Waals surface area contributed by atoms with E-state index >= 15 is 0 Å². The van der Waals surface area contributed by atoms with Crippen LogP contribution in [0.15, 0.2) is 453 Å². The highest BCUT2D eigenvalue weighted by Gasteiger charge is 2.37. The van der Waals surface area contributed by atoms with Crippen LogP contribution >= 0.6 is 15.9 Å². The van der Waals surface area contributed by atoms with Crippen LogP contribution < -0.4 is 14.4 Å². The maximum absolute atomic E-state index is 6.67. The predicted molar refractivity (Wildman–Crippen MR) is 503 cm³/mol. The number of rotatable bonds is 15. The Bertz CT molecular complexity index is 6310. The average molecular weight is 1600 g/mol. The molecule has 0 radical (unpaired) electrons. The number of fused-ring (bicyclic) bond motifs is 4. The molecule has 0 atom stereocenters. The summed E-state index contributed by atoms with van der Waals surface area (Å²) in [7, 11) is 0. The second-order valence-electron chi connectivity index (χ2n) is 31.5. The van der Waals surface area contributed by atoms with E-state index in [0.29, 0.717) is 0 Å². The van der Waals surface area contributed by atoms with E-state index < -0.39 is 0 Å². The van der Waals surface area contributed by atoms with E-state index in [1.54, 1.807) is 0 Å². The van der Waals surface area contributed by atoms with Crippen LogP contribution in [0.4, 0.5) is 17.1 Å². The molecule has 0 saturated heterocycles. The van der Waals surface area contributed by atoms with Crippen molar-refractivity contribution in [3.63, 3.8) is 0 Å². The molecule has 0 aromatic heterocycles. The Kier molecular flexibility index (Phi) is 21.7. The van der Waals surface area contributed by atoms with Gasteiger partial charge < -0.3 is 14.4 Å². The molecule has 0 saturated carbocycles. The fourth-order valence-corrected chi connectivity index (χ4v) is 17.4. The Morgan fingerprint density at radius 2 is 0.412 bits per heavy atom. The smallest absolute Gasteiger partial charge is 0.139 e. The van der Waals surface area contributed by atoms with Crippen molar-refractivity contribution in [3.8, 4) is 134 Å². The summed E-state index contributed by atoms with van der Waals surface area (Å²) in [6.07, 6.45) is 0.918.